The van der Waals surface area contributed by atoms with Crippen LogP contribution in [0, 0.1) is 5.92 Å². The van der Waals surface area contributed by atoms with Crippen molar-refractivity contribution in [2.75, 3.05) is 20.0 Å². The van der Waals surface area contributed by atoms with E-state index in [9.17, 15) is 9.59 Å². The van der Waals surface area contributed by atoms with E-state index in [4.69, 9.17) is 9.47 Å². The number of allylic oxidation sites excluding steroid dienone is 4. The van der Waals surface area contributed by atoms with Gasteiger partial charge in [-0.1, -0.05) is 25.5 Å². The quantitative estimate of drug-likeness (QED) is 0.488. The molecule has 2 rings (SSSR count). The summed E-state index contributed by atoms with van der Waals surface area (Å²) in [5.74, 6) is 2.10. The third-order valence-corrected chi connectivity index (χ3v) is 6.00. The molecule has 1 aliphatic carbocycles. The number of ketones is 2. The average Bonchev–Trinajstić information content (AvgIpc) is 2.65. The molecular formula is C23H30O4S. The number of hydrogen-bond donors (Lipinski definition) is 0. The molecule has 4 nitrogen and oxygen atoms in total. The van der Waals surface area contributed by atoms with Gasteiger partial charge in [0.15, 0.2) is 11.6 Å². The molecule has 0 heterocycles. The molecule has 28 heavy (non-hydrogen) atoms. The fraction of sp³-hybridized carbons (Fsp3) is 0.478. The first-order valence-corrected chi connectivity index (χ1v) is 10.7. The third kappa shape index (κ3) is 5.07. The van der Waals surface area contributed by atoms with Crippen LogP contribution in [0.3, 0.4) is 0 Å². The van der Waals surface area contributed by atoms with Gasteiger partial charge in [-0.25, -0.2) is 0 Å². The SMILES string of the molecule is COc1cc(C(CC=C(C)C)SCCC(C)C)c(OC)c2c1C(=O)C=CC2=O. The number of thioether (sulfide) groups is 1. The summed E-state index contributed by atoms with van der Waals surface area (Å²) < 4.78 is 11.2. The smallest absolute Gasteiger partial charge is 0.190 e. The molecule has 1 aromatic rings. The van der Waals surface area contributed by atoms with Crippen LogP contribution >= 0.6 is 11.8 Å². The van der Waals surface area contributed by atoms with E-state index < -0.39 is 0 Å². The normalized spacial score (nSPS) is 14.1. The number of benzene rings is 1. The molecule has 1 aromatic carbocycles. The molecule has 0 amide bonds. The summed E-state index contributed by atoms with van der Waals surface area (Å²) in [4.78, 5) is 25.1. The van der Waals surface area contributed by atoms with E-state index in [1.54, 1.807) is 7.11 Å². The highest BCUT2D eigenvalue weighted by Gasteiger charge is 2.31. The van der Waals surface area contributed by atoms with Crippen LogP contribution in [0.5, 0.6) is 11.5 Å². The molecule has 1 atom stereocenters. The summed E-state index contributed by atoms with van der Waals surface area (Å²) in [5.41, 5.74) is 2.76. The van der Waals surface area contributed by atoms with Crippen LogP contribution in [0.4, 0.5) is 0 Å². The molecule has 0 aromatic heterocycles. The Labute approximate surface area is 172 Å². The highest BCUT2D eigenvalue weighted by molar-refractivity contribution is 7.99. The van der Waals surface area contributed by atoms with Gasteiger partial charge >= 0.3 is 0 Å². The third-order valence-electron chi connectivity index (χ3n) is 4.68. The number of ether oxygens (including phenoxy) is 2. The average molecular weight is 403 g/mol. The summed E-state index contributed by atoms with van der Waals surface area (Å²) in [5, 5.41) is 0.108. The maximum absolute atomic E-state index is 12.6. The van der Waals surface area contributed by atoms with Gasteiger partial charge in [0.1, 0.15) is 11.5 Å². The number of rotatable bonds is 9. The van der Waals surface area contributed by atoms with Gasteiger partial charge in [0.25, 0.3) is 0 Å². The van der Waals surface area contributed by atoms with E-state index in [2.05, 4.69) is 33.8 Å². The lowest BCUT2D eigenvalue weighted by Gasteiger charge is -2.24. The zero-order chi connectivity index (χ0) is 20.8. The Hall–Kier alpha value is -2.01. The van der Waals surface area contributed by atoms with Gasteiger partial charge in [-0.2, -0.15) is 11.8 Å². The molecule has 0 bridgehead atoms. The second kappa shape index (κ2) is 9.97. The van der Waals surface area contributed by atoms with E-state index in [1.165, 1.54) is 24.8 Å². The standard InChI is InChI=1S/C23H30O4S/c1-14(2)7-10-20(28-12-11-15(3)4)16-13-19(26-5)21-17(24)8-9-18(25)22(21)23(16)27-6/h7-9,13,15,20H,10-12H2,1-6H3. The lowest BCUT2D eigenvalue weighted by molar-refractivity contribution is 0.0988. The van der Waals surface area contributed by atoms with Gasteiger partial charge in [0, 0.05) is 10.8 Å². The van der Waals surface area contributed by atoms with Crippen molar-refractivity contribution < 1.29 is 19.1 Å². The van der Waals surface area contributed by atoms with E-state index in [0.717, 1.165) is 24.2 Å². The van der Waals surface area contributed by atoms with Crippen molar-refractivity contribution in [1.29, 1.82) is 0 Å². The first-order valence-electron chi connectivity index (χ1n) is 9.60. The molecule has 0 spiro atoms. The van der Waals surface area contributed by atoms with Crippen molar-refractivity contribution in [2.45, 2.75) is 45.8 Å². The Morgan fingerprint density at radius 2 is 1.71 bits per heavy atom. The largest absolute Gasteiger partial charge is 0.496 e. The van der Waals surface area contributed by atoms with E-state index in [-0.39, 0.29) is 16.8 Å². The maximum Gasteiger partial charge on any atom is 0.190 e. The Morgan fingerprint density at radius 3 is 2.25 bits per heavy atom. The topological polar surface area (TPSA) is 52.6 Å². The molecule has 0 N–H and O–H groups in total. The molecule has 152 valence electrons. The molecule has 0 saturated carbocycles. The number of carbonyl (C=O) groups excluding carboxylic acids is 2. The fourth-order valence-electron chi connectivity index (χ4n) is 3.15. The monoisotopic (exact) mass is 402 g/mol. The zero-order valence-electron chi connectivity index (χ0n) is 17.6. The minimum Gasteiger partial charge on any atom is -0.496 e. The van der Waals surface area contributed by atoms with Crippen LogP contribution in [0.15, 0.2) is 29.9 Å². The molecule has 5 heteroatoms. The molecule has 0 radical (unpaired) electrons. The van der Waals surface area contributed by atoms with Crippen molar-refractivity contribution in [3.8, 4) is 11.5 Å². The number of hydrogen-bond acceptors (Lipinski definition) is 5. The van der Waals surface area contributed by atoms with Crippen molar-refractivity contribution in [3.05, 3.63) is 46.6 Å². The fourth-order valence-corrected chi connectivity index (χ4v) is 4.63. The van der Waals surface area contributed by atoms with E-state index in [1.807, 2.05) is 17.8 Å². The predicted molar refractivity (Wildman–Crippen MR) is 116 cm³/mol. The second-order valence-electron chi connectivity index (χ2n) is 7.57. The first kappa shape index (κ1) is 22.3. The van der Waals surface area contributed by atoms with Gasteiger partial charge in [0.2, 0.25) is 0 Å². The van der Waals surface area contributed by atoms with Crippen molar-refractivity contribution in [2.24, 2.45) is 5.92 Å². The summed E-state index contributed by atoms with van der Waals surface area (Å²) >= 11 is 1.85. The number of fused-ring (bicyclic) bond motifs is 1. The van der Waals surface area contributed by atoms with Crippen LogP contribution in [0.2, 0.25) is 0 Å². The molecule has 1 unspecified atom stereocenters. The predicted octanol–water partition coefficient (Wildman–Crippen LogP) is 5.82. The van der Waals surface area contributed by atoms with E-state index in [0.29, 0.717) is 28.5 Å². The highest BCUT2D eigenvalue weighted by atomic mass is 32.2. The second-order valence-corrected chi connectivity index (χ2v) is 8.88. The molecule has 1 aliphatic rings. The minimum absolute atomic E-state index is 0.108. The number of carbonyl (C=O) groups is 2. The maximum atomic E-state index is 12.6. The lowest BCUT2D eigenvalue weighted by Crippen LogP contribution is -2.17. The van der Waals surface area contributed by atoms with Crippen molar-refractivity contribution >= 4 is 23.3 Å². The van der Waals surface area contributed by atoms with Crippen LogP contribution in [-0.4, -0.2) is 31.5 Å². The van der Waals surface area contributed by atoms with Gasteiger partial charge < -0.3 is 9.47 Å². The lowest BCUT2D eigenvalue weighted by atomic mass is 9.89. The van der Waals surface area contributed by atoms with Crippen molar-refractivity contribution in [1.82, 2.24) is 0 Å². The van der Waals surface area contributed by atoms with Gasteiger partial charge in [0.05, 0.1) is 25.3 Å². The van der Waals surface area contributed by atoms with Crippen LogP contribution < -0.4 is 9.47 Å². The summed E-state index contributed by atoms with van der Waals surface area (Å²) in [7, 11) is 3.08. The van der Waals surface area contributed by atoms with Crippen LogP contribution in [0.1, 0.15) is 72.1 Å². The Morgan fingerprint density at radius 1 is 1.07 bits per heavy atom. The van der Waals surface area contributed by atoms with Crippen molar-refractivity contribution in [3.63, 3.8) is 0 Å². The highest BCUT2D eigenvalue weighted by Crippen LogP contribution is 2.45. The minimum atomic E-state index is -0.232. The molecule has 0 fully saturated rings. The van der Waals surface area contributed by atoms with Gasteiger partial charge in [-0.3, -0.25) is 9.59 Å². The van der Waals surface area contributed by atoms with Crippen LogP contribution in [0.25, 0.3) is 0 Å². The first-order chi connectivity index (χ1) is 13.3. The molecule has 0 aliphatic heterocycles. The Kier molecular flexibility index (Phi) is 7.93. The Bertz CT molecular complexity index is 801. The zero-order valence-corrected chi connectivity index (χ0v) is 18.4. The summed E-state index contributed by atoms with van der Waals surface area (Å²) in [6.07, 6.45) is 6.74. The van der Waals surface area contributed by atoms with E-state index >= 15 is 0 Å². The molecular weight excluding hydrogens is 372 g/mol. The Balaban J connectivity index is 2.58. The van der Waals surface area contributed by atoms with Crippen LogP contribution in [-0.2, 0) is 0 Å². The van der Waals surface area contributed by atoms with Gasteiger partial charge in [-0.15, -0.1) is 0 Å². The number of methoxy groups -OCH3 is 2. The summed E-state index contributed by atoms with van der Waals surface area (Å²) in [6.45, 7) is 8.58. The summed E-state index contributed by atoms with van der Waals surface area (Å²) in [6, 6.07) is 1.87. The van der Waals surface area contributed by atoms with Gasteiger partial charge in [-0.05, 0) is 56.6 Å². The molecule has 0 saturated heterocycles.